The van der Waals surface area contributed by atoms with Crippen LogP contribution in [0.3, 0.4) is 0 Å². The summed E-state index contributed by atoms with van der Waals surface area (Å²) in [6.07, 6.45) is 0.657. The van der Waals surface area contributed by atoms with Gasteiger partial charge in [-0.25, -0.2) is 0 Å². The molecule has 1 aliphatic heterocycles. The zero-order valence-corrected chi connectivity index (χ0v) is 12.7. The van der Waals surface area contributed by atoms with Gasteiger partial charge in [-0.15, -0.1) is 0 Å². The Hall–Kier alpha value is -1.43. The summed E-state index contributed by atoms with van der Waals surface area (Å²) in [7, 11) is 0. The molecule has 1 atom stereocenters. The molecule has 3 N–H and O–H groups in total. The highest BCUT2D eigenvalue weighted by Crippen LogP contribution is 2.09. The standard InChI is InChI=1S/C16H25N3O2/c1-2-15(17)16(20)18-11-13-3-5-14(6-4-13)12-19-7-9-21-10-8-19/h3-6,15H,2,7-12,17H2,1H3,(H,18,20)/t15-/m1/s1. The summed E-state index contributed by atoms with van der Waals surface area (Å²) in [5.74, 6) is -0.0881. The van der Waals surface area contributed by atoms with Gasteiger partial charge in [0.05, 0.1) is 19.3 Å². The summed E-state index contributed by atoms with van der Waals surface area (Å²) in [6.45, 7) is 7.02. The van der Waals surface area contributed by atoms with E-state index in [1.807, 2.05) is 6.92 Å². The molecule has 1 aromatic rings. The first kappa shape index (κ1) is 15.9. The molecule has 0 aliphatic carbocycles. The van der Waals surface area contributed by atoms with Crippen molar-refractivity contribution in [1.29, 1.82) is 0 Å². The van der Waals surface area contributed by atoms with Crippen molar-refractivity contribution < 1.29 is 9.53 Å². The molecular formula is C16H25N3O2. The Bertz CT molecular complexity index is 441. The van der Waals surface area contributed by atoms with E-state index in [-0.39, 0.29) is 5.91 Å². The van der Waals surface area contributed by atoms with E-state index in [4.69, 9.17) is 10.5 Å². The third-order valence-corrected chi connectivity index (χ3v) is 3.78. The maximum Gasteiger partial charge on any atom is 0.237 e. The largest absolute Gasteiger partial charge is 0.379 e. The van der Waals surface area contributed by atoms with Crippen molar-refractivity contribution in [3.63, 3.8) is 0 Å². The van der Waals surface area contributed by atoms with Gasteiger partial charge in [0.25, 0.3) is 0 Å². The molecule has 0 bridgehead atoms. The fourth-order valence-corrected chi connectivity index (χ4v) is 2.29. The van der Waals surface area contributed by atoms with E-state index in [1.54, 1.807) is 0 Å². The second-order valence-electron chi connectivity index (χ2n) is 5.44. The Kier molecular flexibility index (Phi) is 6.17. The number of rotatable bonds is 6. The topological polar surface area (TPSA) is 67.6 Å². The van der Waals surface area contributed by atoms with E-state index in [0.717, 1.165) is 38.4 Å². The maximum atomic E-state index is 11.6. The molecule has 21 heavy (non-hydrogen) atoms. The minimum atomic E-state index is -0.411. The van der Waals surface area contributed by atoms with Gasteiger partial charge in [0, 0.05) is 26.2 Å². The van der Waals surface area contributed by atoms with Gasteiger partial charge in [-0.1, -0.05) is 31.2 Å². The van der Waals surface area contributed by atoms with Crippen molar-refractivity contribution in [2.75, 3.05) is 26.3 Å². The average Bonchev–Trinajstić information content (AvgIpc) is 2.54. The molecule has 5 nitrogen and oxygen atoms in total. The van der Waals surface area contributed by atoms with Crippen LogP contribution in [0.1, 0.15) is 24.5 Å². The minimum Gasteiger partial charge on any atom is -0.379 e. The number of morpholine rings is 1. The van der Waals surface area contributed by atoms with Crippen LogP contribution < -0.4 is 11.1 Å². The summed E-state index contributed by atoms with van der Waals surface area (Å²) < 4.78 is 5.35. The van der Waals surface area contributed by atoms with Gasteiger partial charge in [0.1, 0.15) is 0 Å². The highest BCUT2D eigenvalue weighted by Gasteiger charge is 2.11. The summed E-state index contributed by atoms with van der Waals surface area (Å²) in [6, 6.07) is 7.96. The first-order valence-electron chi connectivity index (χ1n) is 7.60. The van der Waals surface area contributed by atoms with Gasteiger partial charge in [-0.3, -0.25) is 9.69 Å². The molecule has 1 aliphatic rings. The van der Waals surface area contributed by atoms with Crippen molar-refractivity contribution in [2.24, 2.45) is 5.73 Å². The summed E-state index contributed by atoms with van der Waals surface area (Å²) >= 11 is 0. The lowest BCUT2D eigenvalue weighted by Gasteiger charge is -2.26. The molecular weight excluding hydrogens is 266 g/mol. The molecule has 5 heteroatoms. The van der Waals surface area contributed by atoms with Gasteiger partial charge in [0.15, 0.2) is 0 Å². The maximum absolute atomic E-state index is 11.6. The van der Waals surface area contributed by atoms with Crippen LogP contribution in [0, 0.1) is 0 Å². The third kappa shape index (κ3) is 5.12. The van der Waals surface area contributed by atoms with E-state index in [9.17, 15) is 4.79 Å². The number of ether oxygens (including phenoxy) is 1. The van der Waals surface area contributed by atoms with Crippen LogP contribution in [0.5, 0.6) is 0 Å². The molecule has 0 aromatic heterocycles. The smallest absolute Gasteiger partial charge is 0.237 e. The summed E-state index contributed by atoms with van der Waals surface area (Å²) in [5.41, 5.74) is 8.07. The van der Waals surface area contributed by atoms with Crippen LogP contribution in [0.2, 0.25) is 0 Å². The van der Waals surface area contributed by atoms with Gasteiger partial charge in [0.2, 0.25) is 5.91 Å². The fourth-order valence-electron chi connectivity index (χ4n) is 2.29. The van der Waals surface area contributed by atoms with E-state index >= 15 is 0 Å². The summed E-state index contributed by atoms with van der Waals surface area (Å²) in [5, 5.41) is 2.86. The molecule has 0 spiro atoms. The predicted molar refractivity (Wildman–Crippen MR) is 82.7 cm³/mol. The monoisotopic (exact) mass is 291 g/mol. The van der Waals surface area contributed by atoms with Crippen LogP contribution in [0.4, 0.5) is 0 Å². The first-order valence-corrected chi connectivity index (χ1v) is 7.60. The molecule has 1 saturated heterocycles. The Morgan fingerprint density at radius 3 is 2.52 bits per heavy atom. The lowest BCUT2D eigenvalue weighted by atomic mass is 10.1. The third-order valence-electron chi connectivity index (χ3n) is 3.78. The minimum absolute atomic E-state index is 0.0881. The van der Waals surface area contributed by atoms with Gasteiger partial charge >= 0.3 is 0 Å². The molecule has 1 aromatic carbocycles. The number of benzene rings is 1. The number of hydrogen-bond donors (Lipinski definition) is 2. The number of nitrogens with one attached hydrogen (secondary N) is 1. The molecule has 2 rings (SSSR count). The molecule has 1 amide bonds. The SMILES string of the molecule is CC[C@@H](N)C(=O)NCc1ccc(CN2CCOCC2)cc1. The van der Waals surface area contributed by atoms with E-state index in [0.29, 0.717) is 13.0 Å². The Balaban J connectivity index is 1.80. The molecule has 0 saturated carbocycles. The number of hydrogen-bond acceptors (Lipinski definition) is 4. The second kappa shape index (κ2) is 8.12. The van der Waals surface area contributed by atoms with E-state index < -0.39 is 6.04 Å². The second-order valence-corrected chi connectivity index (χ2v) is 5.44. The van der Waals surface area contributed by atoms with Crippen LogP contribution in [0.15, 0.2) is 24.3 Å². The van der Waals surface area contributed by atoms with Crippen molar-refractivity contribution in [3.8, 4) is 0 Å². The predicted octanol–water partition coefficient (Wildman–Crippen LogP) is 0.872. The molecule has 0 unspecified atom stereocenters. The lowest BCUT2D eigenvalue weighted by molar-refractivity contribution is -0.122. The van der Waals surface area contributed by atoms with Crippen molar-refractivity contribution in [1.82, 2.24) is 10.2 Å². The van der Waals surface area contributed by atoms with Crippen molar-refractivity contribution >= 4 is 5.91 Å². The number of nitrogens with two attached hydrogens (primary N) is 1. The molecule has 1 fully saturated rings. The van der Waals surface area contributed by atoms with E-state index in [1.165, 1.54) is 5.56 Å². The zero-order chi connectivity index (χ0) is 15.1. The number of carbonyl (C=O) groups is 1. The number of nitrogens with zero attached hydrogens (tertiary/aromatic N) is 1. The first-order chi connectivity index (χ1) is 10.2. The Morgan fingerprint density at radius 2 is 1.90 bits per heavy atom. The Labute approximate surface area is 126 Å². The van der Waals surface area contributed by atoms with Crippen LogP contribution in [0.25, 0.3) is 0 Å². The molecule has 116 valence electrons. The zero-order valence-electron chi connectivity index (χ0n) is 12.7. The van der Waals surface area contributed by atoms with Crippen LogP contribution in [-0.4, -0.2) is 43.2 Å². The molecule has 0 radical (unpaired) electrons. The van der Waals surface area contributed by atoms with Gasteiger partial charge in [-0.2, -0.15) is 0 Å². The van der Waals surface area contributed by atoms with Crippen LogP contribution in [-0.2, 0) is 22.6 Å². The Morgan fingerprint density at radius 1 is 1.29 bits per heavy atom. The van der Waals surface area contributed by atoms with Gasteiger partial charge in [-0.05, 0) is 17.5 Å². The highest BCUT2D eigenvalue weighted by atomic mass is 16.5. The number of carbonyl (C=O) groups excluding carboxylic acids is 1. The van der Waals surface area contributed by atoms with Crippen molar-refractivity contribution in [2.45, 2.75) is 32.5 Å². The summed E-state index contributed by atoms with van der Waals surface area (Å²) in [4.78, 5) is 14.0. The molecule has 1 heterocycles. The quantitative estimate of drug-likeness (QED) is 0.816. The van der Waals surface area contributed by atoms with Gasteiger partial charge < -0.3 is 15.8 Å². The van der Waals surface area contributed by atoms with Crippen LogP contribution >= 0.6 is 0 Å². The fraction of sp³-hybridized carbons (Fsp3) is 0.562. The number of amides is 1. The van der Waals surface area contributed by atoms with Crippen molar-refractivity contribution in [3.05, 3.63) is 35.4 Å². The van der Waals surface area contributed by atoms with E-state index in [2.05, 4.69) is 34.5 Å². The average molecular weight is 291 g/mol. The highest BCUT2D eigenvalue weighted by molar-refractivity contribution is 5.81. The lowest BCUT2D eigenvalue weighted by Crippen LogP contribution is -2.39. The normalized spacial score (nSPS) is 17.4.